The molecule has 0 saturated heterocycles. The molecule has 0 unspecified atom stereocenters. The summed E-state index contributed by atoms with van der Waals surface area (Å²) in [5.41, 5.74) is 2.67. The lowest BCUT2D eigenvalue weighted by Gasteiger charge is -2.16. The molecule has 1 aromatic heterocycles. The van der Waals surface area contributed by atoms with E-state index in [1.807, 2.05) is 24.3 Å². The fourth-order valence-electron chi connectivity index (χ4n) is 3.53. The summed E-state index contributed by atoms with van der Waals surface area (Å²) >= 11 is 0. The van der Waals surface area contributed by atoms with Crippen molar-refractivity contribution in [2.45, 2.75) is 12.6 Å². The predicted molar refractivity (Wildman–Crippen MR) is 109 cm³/mol. The first-order valence-corrected chi connectivity index (χ1v) is 9.11. The molecule has 0 aliphatic heterocycles. The summed E-state index contributed by atoms with van der Waals surface area (Å²) in [4.78, 5) is 10.9. The lowest BCUT2D eigenvalue weighted by molar-refractivity contribution is 0.0929. The molecule has 1 N–H and O–H groups in total. The number of hydrogen-bond acceptors (Lipinski definition) is 4. The fraction of sp³-hybridized carbons (Fsp3) is 0.174. The van der Waals surface area contributed by atoms with Crippen LogP contribution in [0.1, 0.15) is 10.4 Å². The molecule has 5 nitrogen and oxygen atoms in total. The first-order valence-electron chi connectivity index (χ1n) is 9.11. The van der Waals surface area contributed by atoms with Gasteiger partial charge in [0, 0.05) is 27.4 Å². The summed E-state index contributed by atoms with van der Waals surface area (Å²) in [6, 6.07) is 21.3. The maximum atomic E-state index is 10.9. The number of methoxy groups -OCH3 is 1. The van der Waals surface area contributed by atoms with E-state index in [4.69, 9.17) is 9.47 Å². The van der Waals surface area contributed by atoms with Gasteiger partial charge in [-0.15, -0.1) is 0 Å². The standard InChI is InChI=1S/C23H21NO4/c1-27-23-12-16(14-25)10-11-22(23)28-15-17(26)13-24-20-8-4-2-6-18(20)19-7-3-5-9-21(19)24/h2-12,14,17,26H,13,15H2,1H3/t17-/m1/s1. The lowest BCUT2D eigenvalue weighted by Crippen LogP contribution is -2.23. The maximum Gasteiger partial charge on any atom is 0.161 e. The van der Waals surface area contributed by atoms with Gasteiger partial charge in [0.05, 0.1) is 13.7 Å². The molecule has 0 spiro atoms. The van der Waals surface area contributed by atoms with E-state index < -0.39 is 6.10 Å². The minimum atomic E-state index is -0.713. The number of para-hydroxylation sites is 2. The van der Waals surface area contributed by atoms with Crippen LogP contribution in [-0.2, 0) is 6.54 Å². The highest BCUT2D eigenvalue weighted by molar-refractivity contribution is 6.07. The van der Waals surface area contributed by atoms with Gasteiger partial charge in [-0.05, 0) is 30.3 Å². The van der Waals surface area contributed by atoms with Crippen molar-refractivity contribution in [3.63, 3.8) is 0 Å². The zero-order valence-electron chi connectivity index (χ0n) is 15.5. The number of fused-ring (bicyclic) bond motifs is 3. The summed E-state index contributed by atoms with van der Waals surface area (Å²) in [6.45, 7) is 0.514. The molecule has 0 aliphatic rings. The highest BCUT2D eigenvalue weighted by atomic mass is 16.5. The third kappa shape index (κ3) is 3.32. The Balaban J connectivity index is 1.56. The van der Waals surface area contributed by atoms with Gasteiger partial charge < -0.3 is 19.1 Å². The van der Waals surface area contributed by atoms with Gasteiger partial charge in [0.2, 0.25) is 0 Å². The Morgan fingerprint density at radius 3 is 2.21 bits per heavy atom. The van der Waals surface area contributed by atoms with Gasteiger partial charge in [0.1, 0.15) is 19.0 Å². The van der Waals surface area contributed by atoms with Crippen molar-refractivity contribution in [1.29, 1.82) is 0 Å². The molecule has 1 heterocycles. The molecule has 0 bridgehead atoms. The smallest absolute Gasteiger partial charge is 0.161 e. The van der Waals surface area contributed by atoms with Gasteiger partial charge in [-0.25, -0.2) is 0 Å². The van der Waals surface area contributed by atoms with E-state index in [2.05, 4.69) is 28.8 Å². The van der Waals surface area contributed by atoms with E-state index in [0.717, 1.165) is 28.1 Å². The number of ether oxygens (including phenoxy) is 2. The number of aliphatic hydroxyl groups excluding tert-OH is 1. The molecule has 4 aromatic rings. The molecule has 0 fully saturated rings. The molecule has 3 aromatic carbocycles. The zero-order valence-corrected chi connectivity index (χ0v) is 15.5. The van der Waals surface area contributed by atoms with E-state index in [-0.39, 0.29) is 6.61 Å². The second-order valence-electron chi connectivity index (χ2n) is 6.64. The number of rotatable bonds is 7. The van der Waals surface area contributed by atoms with E-state index in [1.54, 1.807) is 18.2 Å². The third-order valence-corrected chi connectivity index (χ3v) is 4.83. The quantitative estimate of drug-likeness (QED) is 0.495. The summed E-state index contributed by atoms with van der Waals surface area (Å²) in [5.74, 6) is 0.961. The number of carbonyl (C=O) groups is 1. The fourth-order valence-corrected chi connectivity index (χ4v) is 3.53. The molecule has 0 aliphatic carbocycles. The van der Waals surface area contributed by atoms with E-state index in [0.29, 0.717) is 23.6 Å². The van der Waals surface area contributed by atoms with Crippen molar-refractivity contribution in [2.24, 2.45) is 0 Å². The van der Waals surface area contributed by atoms with Gasteiger partial charge in [0.15, 0.2) is 11.5 Å². The topological polar surface area (TPSA) is 60.7 Å². The molecular weight excluding hydrogens is 354 g/mol. The number of aromatic nitrogens is 1. The number of aldehydes is 1. The first-order chi connectivity index (χ1) is 13.7. The number of hydrogen-bond donors (Lipinski definition) is 1. The van der Waals surface area contributed by atoms with Crippen LogP contribution in [0.2, 0.25) is 0 Å². The molecule has 5 heteroatoms. The molecule has 0 amide bonds. The predicted octanol–water partition coefficient (Wildman–Crippen LogP) is 4.06. The first kappa shape index (κ1) is 18.1. The van der Waals surface area contributed by atoms with Gasteiger partial charge >= 0.3 is 0 Å². The Bertz CT molecular complexity index is 1080. The van der Waals surface area contributed by atoms with Crippen LogP contribution in [0.25, 0.3) is 21.8 Å². The van der Waals surface area contributed by atoms with Crippen molar-refractivity contribution < 1.29 is 19.4 Å². The number of benzene rings is 3. The Morgan fingerprint density at radius 2 is 1.61 bits per heavy atom. The van der Waals surface area contributed by atoms with Crippen LogP contribution in [0.3, 0.4) is 0 Å². The second kappa shape index (κ2) is 7.74. The van der Waals surface area contributed by atoms with Gasteiger partial charge in [-0.1, -0.05) is 36.4 Å². The molecule has 4 rings (SSSR count). The maximum absolute atomic E-state index is 10.9. The van der Waals surface area contributed by atoms with Crippen molar-refractivity contribution in [3.8, 4) is 11.5 Å². The highest BCUT2D eigenvalue weighted by Crippen LogP contribution is 2.30. The highest BCUT2D eigenvalue weighted by Gasteiger charge is 2.15. The lowest BCUT2D eigenvalue weighted by atomic mass is 10.2. The Hall–Kier alpha value is -3.31. The second-order valence-corrected chi connectivity index (χ2v) is 6.64. The van der Waals surface area contributed by atoms with Crippen LogP contribution in [-0.4, -0.2) is 35.8 Å². The Kier molecular flexibility index (Phi) is 5.00. The summed E-state index contributed by atoms with van der Waals surface area (Å²) in [6.07, 6.45) is 0.0401. The average molecular weight is 375 g/mol. The van der Waals surface area contributed by atoms with Gasteiger partial charge in [-0.2, -0.15) is 0 Å². The van der Waals surface area contributed by atoms with Crippen LogP contribution in [0.5, 0.6) is 11.5 Å². The Labute approximate surface area is 162 Å². The van der Waals surface area contributed by atoms with Gasteiger partial charge in [-0.3, -0.25) is 4.79 Å². The van der Waals surface area contributed by atoms with E-state index in [1.165, 1.54) is 7.11 Å². The summed E-state index contributed by atoms with van der Waals surface area (Å²) in [7, 11) is 1.52. The van der Waals surface area contributed by atoms with Crippen LogP contribution >= 0.6 is 0 Å². The van der Waals surface area contributed by atoms with Crippen molar-refractivity contribution in [2.75, 3.05) is 13.7 Å². The normalized spacial score (nSPS) is 12.2. The number of aliphatic hydroxyl groups is 1. The zero-order chi connectivity index (χ0) is 19.5. The largest absolute Gasteiger partial charge is 0.493 e. The molecule has 0 radical (unpaired) electrons. The van der Waals surface area contributed by atoms with Crippen LogP contribution < -0.4 is 9.47 Å². The summed E-state index contributed by atoms with van der Waals surface area (Å²) in [5, 5.41) is 13.0. The summed E-state index contributed by atoms with van der Waals surface area (Å²) < 4.78 is 13.1. The van der Waals surface area contributed by atoms with Crippen LogP contribution in [0, 0.1) is 0 Å². The molecule has 142 valence electrons. The third-order valence-electron chi connectivity index (χ3n) is 4.83. The minimum absolute atomic E-state index is 0.109. The number of carbonyl (C=O) groups excluding carboxylic acids is 1. The van der Waals surface area contributed by atoms with Crippen molar-refractivity contribution >= 4 is 28.1 Å². The van der Waals surface area contributed by atoms with Crippen molar-refractivity contribution in [1.82, 2.24) is 4.57 Å². The van der Waals surface area contributed by atoms with Crippen molar-refractivity contribution in [3.05, 3.63) is 72.3 Å². The van der Waals surface area contributed by atoms with E-state index >= 15 is 0 Å². The molecule has 28 heavy (non-hydrogen) atoms. The monoisotopic (exact) mass is 375 g/mol. The molecular formula is C23H21NO4. The van der Waals surface area contributed by atoms with Crippen LogP contribution in [0.4, 0.5) is 0 Å². The minimum Gasteiger partial charge on any atom is -0.493 e. The van der Waals surface area contributed by atoms with Crippen LogP contribution in [0.15, 0.2) is 66.7 Å². The van der Waals surface area contributed by atoms with Gasteiger partial charge in [0.25, 0.3) is 0 Å². The SMILES string of the molecule is COc1cc(C=O)ccc1OC[C@H](O)Cn1c2ccccc2c2ccccc21. The molecule has 0 saturated carbocycles. The number of nitrogens with zero attached hydrogens (tertiary/aromatic N) is 1. The molecule has 1 atom stereocenters. The average Bonchev–Trinajstić information content (AvgIpc) is 3.06. The Morgan fingerprint density at radius 1 is 0.964 bits per heavy atom. The van der Waals surface area contributed by atoms with E-state index in [9.17, 15) is 9.90 Å².